The van der Waals surface area contributed by atoms with Crippen LogP contribution in [0.2, 0.25) is 0 Å². The molecule has 2 aromatic carbocycles. The molecule has 30 heavy (non-hydrogen) atoms. The summed E-state index contributed by atoms with van der Waals surface area (Å²) < 4.78 is 42.9. The maximum atomic E-state index is 13.4. The van der Waals surface area contributed by atoms with Crippen LogP contribution < -0.4 is 9.47 Å². The molecule has 6 nitrogen and oxygen atoms in total. The quantitative estimate of drug-likeness (QED) is 0.723. The number of hydrogen-bond donors (Lipinski definition) is 0. The van der Waals surface area contributed by atoms with Crippen LogP contribution in [0.15, 0.2) is 48.2 Å². The molecule has 0 unspecified atom stereocenters. The summed E-state index contributed by atoms with van der Waals surface area (Å²) in [6.07, 6.45) is 1.04. The van der Waals surface area contributed by atoms with Crippen molar-refractivity contribution >= 4 is 11.6 Å². The summed E-state index contributed by atoms with van der Waals surface area (Å²) in [5.74, 6) is -3.16. The summed E-state index contributed by atoms with van der Waals surface area (Å²) >= 11 is 0. The van der Waals surface area contributed by atoms with E-state index in [-0.39, 0.29) is 22.6 Å². The molecule has 8 heteroatoms. The predicted molar refractivity (Wildman–Crippen MR) is 103 cm³/mol. The van der Waals surface area contributed by atoms with Crippen molar-refractivity contribution in [3.05, 3.63) is 71.0 Å². The molecule has 0 atom stereocenters. The van der Waals surface area contributed by atoms with Gasteiger partial charge in [-0.05, 0) is 24.3 Å². The van der Waals surface area contributed by atoms with E-state index in [1.54, 1.807) is 12.1 Å². The second-order valence-corrected chi connectivity index (χ2v) is 6.86. The van der Waals surface area contributed by atoms with Crippen molar-refractivity contribution in [2.24, 2.45) is 0 Å². The summed E-state index contributed by atoms with van der Waals surface area (Å²) in [5.41, 5.74) is 0.311. The molecular weight excluding hydrogens is 396 g/mol. The minimum absolute atomic E-state index is 0.0809. The van der Waals surface area contributed by atoms with Crippen LogP contribution in [-0.4, -0.2) is 55.9 Å². The molecule has 1 saturated heterocycles. The number of benzene rings is 2. The second-order valence-electron chi connectivity index (χ2n) is 6.86. The fraction of sp³-hybridized carbons (Fsp3) is 0.273. The number of carbonyl (C=O) groups is 2. The zero-order chi connectivity index (χ0) is 21.1. The zero-order valence-corrected chi connectivity index (χ0v) is 16.0. The third kappa shape index (κ3) is 4.24. The normalized spacial score (nSPS) is 16.8. The van der Waals surface area contributed by atoms with Crippen molar-refractivity contribution in [2.75, 3.05) is 39.5 Å². The van der Waals surface area contributed by atoms with Gasteiger partial charge in [0.25, 0.3) is 0 Å². The number of rotatable bonds is 6. The number of ether oxygens (including phenoxy) is 3. The lowest BCUT2D eigenvalue weighted by Crippen LogP contribution is -2.38. The van der Waals surface area contributed by atoms with E-state index in [4.69, 9.17) is 14.2 Å². The average Bonchev–Trinajstić information content (AvgIpc) is 2.75. The Kier molecular flexibility index (Phi) is 5.87. The third-order valence-corrected chi connectivity index (χ3v) is 4.89. The molecule has 0 N–H and O–H groups in total. The van der Waals surface area contributed by atoms with E-state index in [1.807, 2.05) is 0 Å². The second kappa shape index (κ2) is 8.73. The van der Waals surface area contributed by atoms with Crippen LogP contribution in [0.4, 0.5) is 8.78 Å². The van der Waals surface area contributed by atoms with Gasteiger partial charge < -0.3 is 14.2 Å². The Morgan fingerprint density at radius 1 is 1.03 bits per heavy atom. The van der Waals surface area contributed by atoms with Gasteiger partial charge in [0.05, 0.1) is 18.8 Å². The lowest BCUT2D eigenvalue weighted by atomic mass is 9.92. The highest BCUT2D eigenvalue weighted by Crippen LogP contribution is 2.30. The maximum absolute atomic E-state index is 13.4. The van der Waals surface area contributed by atoms with Crippen molar-refractivity contribution in [3.63, 3.8) is 0 Å². The van der Waals surface area contributed by atoms with E-state index in [9.17, 15) is 18.4 Å². The lowest BCUT2D eigenvalue weighted by molar-refractivity contribution is 0.0322. The van der Waals surface area contributed by atoms with Crippen LogP contribution in [0.25, 0.3) is 0 Å². The highest BCUT2D eigenvalue weighted by Gasteiger charge is 2.30. The smallest absolute Gasteiger partial charge is 0.229 e. The van der Waals surface area contributed by atoms with Crippen LogP contribution in [0.5, 0.6) is 11.5 Å². The van der Waals surface area contributed by atoms with Crippen LogP contribution >= 0.6 is 0 Å². The molecule has 2 aliphatic rings. The Bertz CT molecular complexity index is 1010. The molecule has 2 aromatic rings. The van der Waals surface area contributed by atoms with E-state index in [2.05, 4.69) is 4.90 Å². The minimum Gasteiger partial charge on any atom is -0.491 e. The van der Waals surface area contributed by atoms with Crippen LogP contribution in [0.1, 0.15) is 20.7 Å². The molecule has 1 fully saturated rings. The van der Waals surface area contributed by atoms with Crippen molar-refractivity contribution in [3.8, 4) is 11.5 Å². The van der Waals surface area contributed by atoms with Crippen LogP contribution in [0.3, 0.4) is 0 Å². The van der Waals surface area contributed by atoms with Crippen LogP contribution in [-0.2, 0) is 4.74 Å². The Morgan fingerprint density at radius 2 is 1.83 bits per heavy atom. The molecule has 4 rings (SSSR count). The van der Waals surface area contributed by atoms with E-state index >= 15 is 0 Å². The molecule has 0 aromatic heterocycles. The molecule has 0 radical (unpaired) electrons. The molecular formula is C22H19F2NO5. The molecule has 1 aliphatic heterocycles. The van der Waals surface area contributed by atoms with E-state index in [0.717, 1.165) is 31.3 Å². The van der Waals surface area contributed by atoms with E-state index in [1.165, 1.54) is 12.1 Å². The molecule has 0 saturated carbocycles. The van der Waals surface area contributed by atoms with Gasteiger partial charge >= 0.3 is 0 Å². The van der Waals surface area contributed by atoms with Gasteiger partial charge in [0.2, 0.25) is 5.78 Å². The Balaban J connectivity index is 1.49. The molecule has 0 bridgehead atoms. The number of hydrogen-bond acceptors (Lipinski definition) is 6. The molecule has 0 amide bonds. The lowest BCUT2D eigenvalue weighted by Gasteiger charge is -2.26. The fourth-order valence-corrected chi connectivity index (χ4v) is 3.34. The first-order chi connectivity index (χ1) is 14.5. The summed E-state index contributed by atoms with van der Waals surface area (Å²) in [4.78, 5) is 27.7. The fourth-order valence-electron chi connectivity index (χ4n) is 3.34. The van der Waals surface area contributed by atoms with E-state index < -0.39 is 23.2 Å². The number of nitrogens with zero attached hydrogens (tertiary/aromatic N) is 1. The van der Waals surface area contributed by atoms with Crippen molar-refractivity contribution in [1.82, 2.24) is 4.90 Å². The zero-order valence-electron chi connectivity index (χ0n) is 16.0. The summed E-state index contributed by atoms with van der Waals surface area (Å²) in [6, 6.07) is 7.64. The first-order valence-corrected chi connectivity index (χ1v) is 9.52. The maximum Gasteiger partial charge on any atom is 0.229 e. The van der Waals surface area contributed by atoms with E-state index in [0.29, 0.717) is 32.1 Å². The van der Waals surface area contributed by atoms with Gasteiger partial charge in [-0.1, -0.05) is 6.07 Å². The van der Waals surface area contributed by atoms with Gasteiger partial charge in [0, 0.05) is 37.3 Å². The van der Waals surface area contributed by atoms with Crippen LogP contribution in [0, 0.1) is 11.6 Å². The largest absolute Gasteiger partial charge is 0.491 e. The van der Waals surface area contributed by atoms with Gasteiger partial charge in [-0.3, -0.25) is 14.5 Å². The Hall–Kier alpha value is -3.10. The monoisotopic (exact) mass is 415 g/mol. The number of halogens is 2. The summed E-state index contributed by atoms with van der Waals surface area (Å²) in [7, 11) is 0. The van der Waals surface area contributed by atoms with Crippen molar-refractivity contribution < 1.29 is 32.6 Å². The minimum atomic E-state index is -1.11. The number of allylic oxidation sites excluding steroid dienone is 2. The Morgan fingerprint density at radius 3 is 2.60 bits per heavy atom. The number of fused-ring (bicyclic) bond motifs is 1. The van der Waals surface area contributed by atoms with Gasteiger partial charge in [-0.2, -0.15) is 0 Å². The molecule has 156 valence electrons. The van der Waals surface area contributed by atoms with Gasteiger partial charge in [-0.25, -0.2) is 8.78 Å². The standard InChI is InChI=1S/C22H19F2NO5/c23-16-5-4-14(12-17(16)24)30-20-13-18(26)21-15(22(20)27)2-1-3-19(21)29-11-8-25-6-9-28-10-7-25/h1-5,12-13H,6-11H2. The summed E-state index contributed by atoms with van der Waals surface area (Å²) in [6.45, 7) is 4.04. The third-order valence-electron chi connectivity index (χ3n) is 4.89. The highest BCUT2D eigenvalue weighted by molar-refractivity contribution is 6.24. The number of ketones is 2. The van der Waals surface area contributed by atoms with Crippen molar-refractivity contribution in [1.29, 1.82) is 0 Å². The first kappa shape index (κ1) is 20.2. The topological polar surface area (TPSA) is 65.1 Å². The average molecular weight is 415 g/mol. The van der Waals surface area contributed by atoms with Crippen molar-refractivity contribution in [2.45, 2.75) is 0 Å². The molecule has 0 spiro atoms. The Labute approximate surface area is 171 Å². The first-order valence-electron chi connectivity index (χ1n) is 9.52. The number of morpholine rings is 1. The van der Waals surface area contributed by atoms with Gasteiger partial charge in [0.1, 0.15) is 18.1 Å². The molecule has 1 aliphatic carbocycles. The highest BCUT2D eigenvalue weighted by atomic mass is 19.2. The SMILES string of the molecule is O=C1C(Oc2ccc(F)c(F)c2)=CC(=O)c2c(OCCN3CCOCC3)cccc21. The number of carbonyl (C=O) groups excluding carboxylic acids is 2. The molecule has 1 heterocycles. The number of Topliss-reactive ketones (excluding diaryl/α,β-unsaturated/α-hetero) is 1. The van der Waals surface area contributed by atoms with Gasteiger partial charge in [0.15, 0.2) is 23.2 Å². The predicted octanol–water partition coefficient (Wildman–Crippen LogP) is 3.02. The summed E-state index contributed by atoms with van der Waals surface area (Å²) in [5, 5.41) is 0. The van der Waals surface area contributed by atoms with Gasteiger partial charge in [-0.15, -0.1) is 0 Å².